The molecule has 0 aliphatic rings. The van der Waals surface area contributed by atoms with Crippen LogP contribution in [0.1, 0.15) is 142 Å². The van der Waals surface area contributed by atoms with Gasteiger partial charge in [-0.15, -0.1) is 12.3 Å². The standard InChI is InChI=1S/C24H46/c1-3-5-7-9-11-13-15-17-19-21-23-24-22-20-18-16-14-12-10-8-6-4-2/h1H,4-24H2,2H3. The lowest BCUT2D eigenvalue weighted by Crippen LogP contribution is -1.84. The van der Waals surface area contributed by atoms with Gasteiger partial charge in [0, 0.05) is 6.42 Å². The van der Waals surface area contributed by atoms with E-state index >= 15 is 0 Å². The molecule has 0 aromatic heterocycles. The molecule has 0 bridgehead atoms. The highest BCUT2D eigenvalue weighted by Gasteiger charge is 1.95. The molecule has 0 spiro atoms. The van der Waals surface area contributed by atoms with E-state index in [9.17, 15) is 0 Å². The van der Waals surface area contributed by atoms with E-state index in [4.69, 9.17) is 6.42 Å². The summed E-state index contributed by atoms with van der Waals surface area (Å²) in [5, 5.41) is 0. The molecule has 0 heteroatoms. The van der Waals surface area contributed by atoms with Gasteiger partial charge in [0.2, 0.25) is 0 Å². The van der Waals surface area contributed by atoms with Gasteiger partial charge in [0.15, 0.2) is 0 Å². The molecule has 0 nitrogen and oxygen atoms in total. The zero-order chi connectivity index (χ0) is 17.6. The van der Waals surface area contributed by atoms with E-state index in [-0.39, 0.29) is 0 Å². The lowest BCUT2D eigenvalue weighted by molar-refractivity contribution is 0.522. The van der Waals surface area contributed by atoms with Crippen LogP contribution in [0.25, 0.3) is 0 Å². The number of hydrogen-bond donors (Lipinski definition) is 0. The third-order valence-corrected chi connectivity index (χ3v) is 5.17. The highest BCUT2D eigenvalue weighted by Crippen LogP contribution is 2.14. The summed E-state index contributed by atoms with van der Waals surface area (Å²) in [6.07, 6.45) is 35.0. The van der Waals surface area contributed by atoms with Crippen LogP contribution in [0.5, 0.6) is 0 Å². The minimum atomic E-state index is 0.971. The number of rotatable bonds is 20. The quantitative estimate of drug-likeness (QED) is 0.154. The molecule has 0 aromatic carbocycles. The van der Waals surface area contributed by atoms with Crippen LogP contribution in [-0.4, -0.2) is 0 Å². The van der Waals surface area contributed by atoms with E-state index in [1.807, 2.05) is 0 Å². The van der Waals surface area contributed by atoms with Crippen LogP contribution in [0.15, 0.2) is 0 Å². The minimum Gasteiger partial charge on any atom is -0.120 e. The summed E-state index contributed by atoms with van der Waals surface area (Å²) < 4.78 is 0. The monoisotopic (exact) mass is 334 g/mol. The number of terminal acetylenes is 1. The molecule has 0 rings (SSSR count). The van der Waals surface area contributed by atoms with Crippen LogP contribution >= 0.6 is 0 Å². The van der Waals surface area contributed by atoms with Gasteiger partial charge in [0.05, 0.1) is 0 Å². The van der Waals surface area contributed by atoms with E-state index < -0.39 is 0 Å². The second-order valence-electron chi connectivity index (χ2n) is 7.67. The van der Waals surface area contributed by atoms with Crippen molar-refractivity contribution in [3.8, 4) is 12.3 Å². The van der Waals surface area contributed by atoms with Crippen LogP contribution in [0.4, 0.5) is 0 Å². The van der Waals surface area contributed by atoms with Crippen LogP contribution < -0.4 is 0 Å². The third-order valence-electron chi connectivity index (χ3n) is 5.17. The number of unbranched alkanes of at least 4 members (excludes halogenated alkanes) is 20. The Bertz CT molecular complexity index is 247. The molecule has 0 amide bonds. The maximum Gasteiger partial charge on any atom is 0.00860 e. The molecule has 0 radical (unpaired) electrons. The number of hydrogen-bond acceptors (Lipinski definition) is 0. The summed E-state index contributed by atoms with van der Waals surface area (Å²) >= 11 is 0. The van der Waals surface area contributed by atoms with Crippen molar-refractivity contribution in [2.24, 2.45) is 0 Å². The van der Waals surface area contributed by atoms with E-state index in [1.165, 1.54) is 128 Å². The second-order valence-corrected chi connectivity index (χ2v) is 7.67. The van der Waals surface area contributed by atoms with Gasteiger partial charge in [0.25, 0.3) is 0 Å². The Morgan fingerprint density at radius 3 is 0.917 bits per heavy atom. The fourth-order valence-corrected chi connectivity index (χ4v) is 3.48. The largest absolute Gasteiger partial charge is 0.120 e. The first-order valence-electron chi connectivity index (χ1n) is 11.3. The van der Waals surface area contributed by atoms with Crippen molar-refractivity contribution in [2.75, 3.05) is 0 Å². The maximum absolute atomic E-state index is 5.26. The van der Waals surface area contributed by atoms with Gasteiger partial charge in [-0.25, -0.2) is 0 Å². The normalized spacial score (nSPS) is 10.8. The first-order valence-corrected chi connectivity index (χ1v) is 11.3. The average molecular weight is 335 g/mol. The second kappa shape index (κ2) is 22.6. The van der Waals surface area contributed by atoms with Crippen LogP contribution in [0.2, 0.25) is 0 Å². The Hall–Kier alpha value is -0.440. The summed E-state index contributed by atoms with van der Waals surface area (Å²) in [5.41, 5.74) is 0. The molecule has 0 aromatic rings. The van der Waals surface area contributed by atoms with E-state index in [0.717, 1.165) is 6.42 Å². The molecule has 0 saturated carbocycles. The molecule has 142 valence electrons. The van der Waals surface area contributed by atoms with Crippen LogP contribution in [-0.2, 0) is 0 Å². The Morgan fingerprint density at radius 1 is 0.417 bits per heavy atom. The van der Waals surface area contributed by atoms with E-state index in [0.29, 0.717) is 0 Å². The van der Waals surface area contributed by atoms with Crippen molar-refractivity contribution in [3.63, 3.8) is 0 Å². The Kier molecular flexibility index (Phi) is 22.1. The molecule has 0 heterocycles. The molecule has 0 saturated heterocycles. The molecule has 0 aliphatic heterocycles. The molecular weight excluding hydrogens is 288 g/mol. The predicted octanol–water partition coefficient (Wildman–Crippen LogP) is 8.83. The molecule has 24 heavy (non-hydrogen) atoms. The van der Waals surface area contributed by atoms with Crippen molar-refractivity contribution in [3.05, 3.63) is 0 Å². The molecule has 0 atom stereocenters. The van der Waals surface area contributed by atoms with Gasteiger partial charge >= 0.3 is 0 Å². The minimum absolute atomic E-state index is 0.971. The van der Waals surface area contributed by atoms with Gasteiger partial charge < -0.3 is 0 Å². The highest BCUT2D eigenvalue weighted by atomic mass is 14.0. The lowest BCUT2D eigenvalue weighted by atomic mass is 10.0. The van der Waals surface area contributed by atoms with Crippen LogP contribution in [0, 0.1) is 12.3 Å². The van der Waals surface area contributed by atoms with Gasteiger partial charge in [0.1, 0.15) is 0 Å². The maximum atomic E-state index is 5.26. The Morgan fingerprint density at radius 2 is 0.667 bits per heavy atom. The van der Waals surface area contributed by atoms with E-state index in [1.54, 1.807) is 0 Å². The highest BCUT2D eigenvalue weighted by molar-refractivity contribution is 4.82. The van der Waals surface area contributed by atoms with Gasteiger partial charge in [-0.3, -0.25) is 0 Å². The SMILES string of the molecule is C#CCCCCCCCCCCCCCCCCCCCCCC. The van der Waals surface area contributed by atoms with Gasteiger partial charge in [-0.05, 0) is 6.42 Å². The van der Waals surface area contributed by atoms with E-state index in [2.05, 4.69) is 12.8 Å². The lowest BCUT2D eigenvalue weighted by Gasteiger charge is -2.04. The smallest absolute Gasteiger partial charge is 0.00860 e. The zero-order valence-corrected chi connectivity index (χ0v) is 16.9. The molecular formula is C24H46. The van der Waals surface area contributed by atoms with Crippen molar-refractivity contribution in [2.45, 2.75) is 142 Å². The van der Waals surface area contributed by atoms with Crippen molar-refractivity contribution in [1.29, 1.82) is 0 Å². The van der Waals surface area contributed by atoms with Crippen LogP contribution in [0.3, 0.4) is 0 Å². The molecule has 0 unspecified atom stereocenters. The third kappa shape index (κ3) is 21.6. The molecule has 0 N–H and O–H groups in total. The van der Waals surface area contributed by atoms with Gasteiger partial charge in [-0.1, -0.05) is 129 Å². The molecule has 0 aliphatic carbocycles. The van der Waals surface area contributed by atoms with Crippen molar-refractivity contribution < 1.29 is 0 Å². The zero-order valence-electron chi connectivity index (χ0n) is 16.9. The topological polar surface area (TPSA) is 0 Å². The first-order chi connectivity index (χ1) is 11.9. The van der Waals surface area contributed by atoms with Crippen molar-refractivity contribution in [1.82, 2.24) is 0 Å². The summed E-state index contributed by atoms with van der Waals surface area (Å²) in [5.74, 6) is 2.73. The average Bonchev–Trinajstić information content (AvgIpc) is 2.60. The summed E-state index contributed by atoms with van der Waals surface area (Å²) in [4.78, 5) is 0. The fraction of sp³-hybridized carbons (Fsp3) is 0.917. The Labute approximate surface area is 154 Å². The molecule has 0 fully saturated rings. The van der Waals surface area contributed by atoms with Crippen molar-refractivity contribution >= 4 is 0 Å². The Balaban J connectivity index is 2.94. The predicted molar refractivity (Wildman–Crippen MR) is 111 cm³/mol. The van der Waals surface area contributed by atoms with Gasteiger partial charge in [-0.2, -0.15) is 0 Å². The fourth-order valence-electron chi connectivity index (χ4n) is 3.48. The first kappa shape index (κ1) is 23.6. The summed E-state index contributed by atoms with van der Waals surface area (Å²) in [6.45, 7) is 2.30. The summed E-state index contributed by atoms with van der Waals surface area (Å²) in [7, 11) is 0. The summed E-state index contributed by atoms with van der Waals surface area (Å²) in [6, 6.07) is 0.